The first kappa shape index (κ1) is 20.1. The molecule has 2 aliphatic rings. The van der Waals surface area contributed by atoms with E-state index in [0.717, 1.165) is 43.4 Å². The van der Waals surface area contributed by atoms with Gasteiger partial charge in [-0.1, -0.05) is 12.1 Å². The highest BCUT2D eigenvalue weighted by atomic mass is 32.2. The molecule has 29 heavy (non-hydrogen) atoms. The summed E-state index contributed by atoms with van der Waals surface area (Å²) < 4.78 is 27.5. The molecule has 2 aliphatic heterocycles. The third kappa shape index (κ3) is 4.36. The lowest BCUT2D eigenvalue weighted by atomic mass is 10.2. The van der Waals surface area contributed by atoms with Gasteiger partial charge in [0.2, 0.25) is 10.0 Å². The molecule has 3 heterocycles. The number of hydrogen-bond donors (Lipinski definition) is 0. The lowest BCUT2D eigenvalue weighted by Crippen LogP contribution is -2.49. The summed E-state index contributed by atoms with van der Waals surface area (Å²) in [5.74, 6) is 1.81. The van der Waals surface area contributed by atoms with E-state index in [9.17, 15) is 8.42 Å². The van der Waals surface area contributed by atoms with Crippen LogP contribution >= 0.6 is 0 Å². The van der Waals surface area contributed by atoms with Gasteiger partial charge in [-0.15, -0.1) is 0 Å². The second-order valence-electron chi connectivity index (χ2n) is 7.73. The first-order valence-corrected chi connectivity index (χ1v) is 11.4. The van der Waals surface area contributed by atoms with Crippen molar-refractivity contribution < 1.29 is 8.42 Å². The molecule has 8 nitrogen and oxygen atoms in total. The summed E-state index contributed by atoms with van der Waals surface area (Å²) >= 11 is 0. The van der Waals surface area contributed by atoms with Crippen LogP contribution in [0, 0.1) is 6.92 Å². The Morgan fingerprint density at radius 1 is 0.828 bits per heavy atom. The van der Waals surface area contributed by atoms with Gasteiger partial charge in [-0.05, 0) is 31.7 Å². The van der Waals surface area contributed by atoms with Gasteiger partial charge in [0, 0.05) is 58.4 Å². The minimum Gasteiger partial charge on any atom is -0.354 e. The van der Waals surface area contributed by atoms with Crippen LogP contribution in [-0.2, 0) is 10.0 Å². The topological polar surface area (TPSA) is 72.9 Å². The van der Waals surface area contributed by atoms with Gasteiger partial charge < -0.3 is 14.7 Å². The highest BCUT2D eigenvalue weighted by Crippen LogP contribution is 2.23. The van der Waals surface area contributed by atoms with Crippen molar-refractivity contribution in [3.05, 3.63) is 42.2 Å². The van der Waals surface area contributed by atoms with Crippen LogP contribution in [0.1, 0.15) is 5.56 Å². The first-order valence-electron chi connectivity index (χ1n) is 10.0. The summed E-state index contributed by atoms with van der Waals surface area (Å²) in [4.78, 5) is 16.0. The van der Waals surface area contributed by atoms with Gasteiger partial charge in [0.25, 0.3) is 0 Å². The highest BCUT2D eigenvalue weighted by Gasteiger charge is 2.29. The molecule has 0 N–H and O–H groups in total. The number of anilines is 2. The second kappa shape index (κ2) is 8.25. The Morgan fingerprint density at radius 2 is 1.41 bits per heavy atom. The number of rotatable bonds is 4. The standard InChI is InChI=1S/C20H28N6O2S/c1-17-4-3-5-18(14-17)29(27,28)26-12-10-25(11-13-26)20-15-19(21-16-22-20)24-8-6-23(2)7-9-24/h3-5,14-16H,6-13H2,1-2H3. The molecule has 1 aromatic carbocycles. The van der Waals surface area contributed by atoms with Crippen LogP contribution in [0.15, 0.2) is 41.6 Å². The Labute approximate surface area is 172 Å². The maximum atomic E-state index is 12.9. The molecular weight excluding hydrogens is 388 g/mol. The van der Waals surface area contributed by atoms with Crippen molar-refractivity contribution in [2.75, 3.05) is 69.2 Å². The fourth-order valence-corrected chi connectivity index (χ4v) is 5.33. The zero-order chi connectivity index (χ0) is 20.4. The van der Waals surface area contributed by atoms with Gasteiger partial charge in [-0.25, -0.2) is 18.4 Å². The first-order chi connectivity index (χ1) is 13.9. The molecular formula is C20H28N6O2S. The predicted octanol–water partition coefficient (Wildman–Crippen LogP) is 1.05. The van der Waals surface area contributed by atoms with Gasteiger partial charge >= 0.3 is 0 Å². The molecule has 0 bridgehead atoms. The summed E-state index contributed by atoms with van der Waals surface area (Å²) in [5, 5.41) is 0. The van der Waals surface area contributed by atoms with E-state index in [0.29, 0.717) is 31.1 Å². The van der Waals surface area contributed by atoms with Crippen molar-refractivity contribution in [2.45, 2.75) is 11.8 Å². The SMILES string of the molecule is Cc1cccc(S(=O)(=O)N2CCN(c3cc(N4CCN(C)CC4)ncn3)CC2)c1. The van der Waals surface area contributed by atoms with Crippen molar-refractivity contribution in [2.24, 2.45) is 0 Å². The average molecular weight is 417 g/mol. The Bertz CT molecular complexity index is 951. The van der Waals surface area contributed by atoms with Crippen molar-refractivity contribution in [1.82, 2.24) is 19.2 Å². The van der Waals surface area contributed by atoms with Gasteiger partial charge in [0.1, 0.15) is 18.0 Å². The molecule has 0 unspecified atom stereocenters. The average Bonchev–Trinajstić information content (AvgIpc) is 2.74. The van der Waals surface area contributed by atoms with Crippen molar-refractivity contribution >= 4 is 21.7 Å². The van der Waals surface area contributed by atoms with Crippen LogP contribution in [0.4, 0.5) is 11.6 Å². The van der Waals surface area contributed by atoms with E-state index in [2.05, 4.69) is 31.7 Å². The molecule has 2 fully saturated rings. The maximum absolute atomic E-state index is 12.9. The molecule has 9 heteroatoms. The number of nitrogens with zero attached hydrogens (tertiary/aromatic N) is 6. The van der Waals surface area contributed by atoms with Crippen LogP contribution in [0.25, 0.3) is 0 Å². The van der Waals surface area contributed by atoms with E-state index in [1.165, 1.54) is 0 Å². The summed E-state index contributed by atoms with van der Waals surface area (Å²) in [6.07, 6.45) is 1.61. The fourth-order valence-electron chi connectivity index (χ4n) is 3.80. The van der Waals surface area contributed by atoms with Crippen LogP contribution in [-0.4, -0.2) is 87.0 Å². The minimum atomic E-state index is -3.46. The lowest BCUT2D eigenvalue weighted by molar-refractivity contribution is 0.312. The number of sulfonamides is 1. The molecule has 156 valence electrons. The molecule has 4 rings (SSSR count). The van der Waals surface area contributed by atoms with Gasteiger partial charge in [0.05, 0.1) is 4.90 Å². The summed E-state index contributed by atoms with van der Waals surface area (Å²) in [6.45, 7) is 7.99. The molecule has 2 aromatic rings. The third-order valence-electron chi connectivity index (χ3n) is 5.66. The van der Waals surface area contributed by atoms with Crippen LogP contribution < -0.4 is 9.80 Å². The van der Waals surface area contributed by atoms with Crippen LogP contribution in [0.2, 0.25) is 0 Å². The fraction of sp³-hybridized carbons (Fsp3) is 0.500. The van der Waals surface area contributed by atoms with Gasteiger partial charge in [-0.2, -0.15) is 4.31 Å². The minimum absolute atomic E-state index is 0.366. The molecule has 0 radical (unpaired) electrons. The number of hydrogen-bond acceptors (Lipinski definition) is 7. The Balaban J connectivity index is 1.43. The molecule has 0 spiro atoms. The molecule has 0 aliphatic carbocycles. The molecule has 0 amide bonds. The summed E-state index contributed by atoms with van der Waals surface area (Å²) in [6, 6.07) is 9.12. The molecule has 1 aromatic heterocycles. The third-order valence-corrected chi connectivity index (χ3v) is 7.55. The largest absolute Gasteiger partial charge is 0.354 e. The van der Waals surface area contributed by atoms with E-state index < -0.39 is 10.0 Å². The van der Waals surface area contributed by atoms with Crippen LogP contribution in [0.3, 0.4) is 0 Å². The second-order valence-corrected chi connectivity index (χ2v) is 9.67. The Kier molecular flexibility index (Phi) is 5.71. The Morgan fingerprint density at radius 3 is 2.00 bits per heavy atom. The number of piperazine rings is 2. The van der Waals surface area contributed by atoms with Gasteiger partial charge in [-0.3, -0.25) is 0 Å². The van der Waals surface area contributed by atoms with E-state index in [1.807, 2.05) is 19.1 Å². The highest BCUT2D eigenvalue weighted by molar-refractivity contribution is 7.89. The number of likely N-dealkylation sites (N-methyl/N-ethyl adjacent to an activating group) is 1. The predicted molar refractivity (Wildman–Crippen MR) is 114 cm³/mol. The maximum Gasteiger partial charge on any atom is 0.243 e. The Hall–Kier alpha value is -2.23. The van der Waals surface area contributed by atoms with E-state index >= 15 is 0 Å². The smallest absolute Gasteiger partial charge is 0.243 e. The normalized spacial score (nSPS) is 19.5. The molecule has 2 saturated heterocycles. The van der Waals surface area contributed by atoms with E-state index in [1.54, 1.807) is 28.8 Å². The zero-order valence-electron chi connectivity index (χ0n) is 17.0. The number of aromatic nitrogens is 2. The molecule has 0 saturated carbocycles. The number of benzene rings is 1. The van der Waals surface area contributed by atoms with Crippen molar-refractivity contribution in [1.29, 1.82) is 0 Å². The lowest BCUT2D eigenvalue weighted by Gasteiger charge is -2.36. The van der Waals surface area contributed by atoms with Crippen molar-refractivity contribution in [3.63, 3.8) is 0 Å². The number of aryl methyl sites for hydroxylation is 1. The summed E-state index contributed by atoms with van der Waals surface area (Å²) in [5.41, 5.74) is 0.946. The molecule has 0 atom stereocenters. The quantitative estimate of drug-likeness (QED) is 0.738. The van der Waals surface area contributed by atoms with Crippen LogP contribution in [0.5, 0.6) is 0 Å². The monoisotopic (exact) mass is 416 g/mol. The van der Waals surface area contributed by atoms with Gasteiger partial charge in [0.15, 0.2) is 0 Å². The van der Waals surface area contributed by atoms with Crippen molar-refractivity contribution in [3.8, 4) is 0 Å². The van der Waals surface area contributed by atoms with E-state index in [4.69, 9.17) is 0 Å². The van der Waals surface area contributed by atoms with E-state index in [-0.39, 0.29) is 0 Å². The zero-order valence-corrected chi connectivity index (χ0v) is 17.8. The summed E-state index contributed by atoms with van der Waals surface area (Å²) in [7, 11) is -1.33.